The number of esters is 1. The predicted octanol–water partition coefficient (Wildman–Crippen LogP) is 3.17. The number of fused-ring (bicyclic) bond motifs is 1. The summed E-state index contributed by atoms with van der Waals surface area (Å²) >= 11 is 0. The lowest BCUT2D eigenvalue weighted by molar-refractivity contribution is 0.0457. The van der Waals surface area contributed by atoms with E-state index in [0.29, 0.717) is 29.4 Å². The minimum Gasteiger partial charge on any atom is -0.496 e. The lowest BCUT2D eigenvalue weighted by atomic mass is 10.1. The molecule has 0 amide bonds. The molecule has 0 aliphatic rings. The fraction of sp³-hybridized carbons (Fsp3) is 0.364. The minimum atomic E-state index is -3.85. The van der Waals surface area contributed by atoms with E-state index in [1.54, 1.807) is 18.2 Å². The van der Waals surface area contributed by atoms with Gasteiger partial charge in [0, 0.05) is 12.1 Å². The van der Waals surface area contributed by atoms with Gasteiger partial charge >= 0.3 is 5.97 Å². The summed E-state index contributed by atoms with van der Waals surface area (Å²) in [4.78, 5) is 17.2. The van der Waals surface area contributed by atoms with Crippen LogP contribution in [0.25, 0.3) is 11.0 Å². The molecule has 0 bridgehead atoms. The molecule has 10 heteroatoms. The summed E-state index contributed by atoms with van der Waals surface area (Å²) in [6, 6.07) is 7.73. The number of methoxy groups -OCH3 is 2. The Hall–Kier alpha value is -3.11. The van der Waals surface area contributed by atoms with E-state index >= 15 is 0 Å². The molecule has 0 aliphatic carbocycles. The van der Waals surface area contributed by atoms with Crippen LogP contribution in [0.1, 0.15) is 41.5 Å². The number of rotatable bonds is 9. The molecule has 0 unspecified atom stereocenters. The lowest BCUT2D eigenvalue weighted by Gasteiger charge is -2.13. The third-order valence-corrected chi connectivity index (χ3v) is 6.09. The average Bonchev–Trinajstić information content (AvgIpc) is 3.12. The van der Waals surface area contributed by atoms with Crippen LogP contribution in [-0.4, -0.2) is 38.2 Å². The zero-order valence-electron chi connectivity index (χ0n) is 18.5. The molecule has 1 aromatic heterocycles. The van der Waals surface area contributed by atoms with Gasteiger partial charge < -0.3 is 18.8 Å². The summed E-state index contributed by atoms with van der Waals surface area (Å²) in [6.07, 6.45) is 1.84. The first-order valence-electron chi connectivity index (χ1n) is 10.1. The highest BCUT2D eigenvalue weighted by atomic mass is 32.2. The largest absolute Gasteiger partial charge is 0.496 e. The van der Waals surface area contributed by atoms with Gasteiger partial charge in [0.05, 0.1) is 35.7 Å². The molecule has 0 radical (unpaired) electrons. The molecular formula is C22H27N3O6S. The summed E-state index contributed by atoms with van der Waals surface area (Å²) in [5, 5.41) is 5.24. The first kappa shape index (κ1) is 23.6. The fourth-order valence-electron chi connectivity index (χ4n) is 3.43. The van der Waals surface area contributed by atoms with E-state index in [1.807, 2.05) is 11.5 Å². The number of carbonyl (C=O) groups is 1. The van der Waals surface area contributed by atoms with Crippen molar-refractivity contribution in [2.24, 2.45) is 5.14 Å². The van der Waals surface area contributed by atoms with Crippen LogP contribution in [0, 0.1) is 6.92 Å². The zero-order chi connectivity index (χ0) is 23.5. The van der Waals surface area contributed by atoms with E-state index in [-0.39, 0.29) is 17.1 Å². The quantitative estimate of drug-likeness (QED) is 0.486. The fourth-order valence-corrected chi connectivity index (χ4v) is 3.96. The Balaban J connectivity index is 1.91. The Kier molecular flexibility index (Phi) is 7.05. The van der Waals surface area contributed by atoms with Gasteiger partial charge in [-0.05, 0) is 43.7 Å². The first-order valence-corrected chi connectivity index (χ1v) is 11.7. The summed E-state index contributed by atoms with van der Waals surface area (Å²) < 4.78 is 41.5. The van der Waals surface area contributed by atoms with Gasteiger partial charge in [-0.3, -0.25) is 0 Å². The van der Waals surface area contributed by atoms with Crippen molar-refractivity contribution in [1.29, 1.82) is 0 Å². The van der Waals surface area contributed by atoms with Gasteiger partial charge in [0.1, 0.15) is 23.9 Å². The lowest BCUT2D eigenvalue weighted by Crippen LogP contribution is -2.12. The Morgan fingerprint density at radius 2 is 1.78 bits per heavy atom. The molecule has 32 heavy (non-hydrogen) atoms. The molecule has 3 rings (SSSR count). The van der Waals surface area contributed by atoms with Gasteiger partial charge in [0.15, 0.2) is 0 Å². The van der Waals surface area contributed by atoms with Gasteiger partial charge in [0.2, 0.25) is 10.0 Å². The number of sulfonamides is 1. The summed E-state index contributed by atoms with van der Waals surface area (Å²) in [5.41, 5.74) is 2.28. The molecule has 0 saturated carbocycles. The number of hydrogen-bond donors (Lipinski definition) is 1. The number of imidazole rings is 1. The third-order valence-electron chi connectivity index (χ3n) is 5.18. The van der Waals surface area contributed by atoms with Crippen LogP contribution in [0.3, 0.4) is 0 Å². The number of benzene rings is 2. The smallest absolute Gasteiger partial charge is 0.338 e. The molecule has 172 valence electrons. The molecule has 3 aromatic rings. The van der Waals surface area contributed by atoms with Crippen molar-refractivity contribution in [2.75, 3.05) is 14.2 Å². The van der Waals surface area contributed by atoms with Crippen LogP contribution < -0.4 is 14.6 Å². The Bertz CT molecular complexity index is 1230. The molecule has 0 aliphatic heterocycles. The topological polar surface area (TPSA) is 123 Å². The van der Waals surface area contributed by atoms with Crippen molar-refractivity contribution in [2.45, 2.75) is 44.7 Å². The normalized spacial score (nSPS) is 11.5. The van der Waals surface area contributed by atoms with Crippen molar-refractivity contribution in [3.8, 4) is 11.5 Å². The zero-order valence-corrected chi connectivity index (χ0v) is 19.4. The number of hydrogen-bond acceptors (Lipinski definition) is 7. The summed E-state index contributed by atoms with van der Waals surface area (Å²) in [5.74, 6) is 0.990. The minimum absolute atomic E-state index is 0.0208. The predicted molar refractivity (Wildman–Crippen MR) is 119 cm³/mol. The van der Waals surface area contributed by atoms with E-state index in [9.17, 15) is 13.2 Å². The third kappa shape index (κ3) is 4.86. The first-order chi connectivity index (χ1) is 15.2. The second kappa shape index (κ2) is 9.58. The van der Waals surface area contributed by atoms with Crippen LogP contribution >= 0.6 is 0 Å². The number of primary sulfonamides is 1. The molecule has 2 aromatic carbocycles. The number of ether oxygens (including phenoxy) is 3. The van der Waals surface area contributed by atoms with Crippen molar-refractivity contribution < 1.29 is 27.4 Å². The number of carbonyl (C=O) groups excluding carboxylic acids is 1. The van der Waals surface area contributed by atoms with Gasteiger partial charge in [-0.2, -0.15) is 0 Å². The molecule has 0 fully saturated rings. The molecule has 0 saturated heterocycles. The maximum Gasteiger partial charge on any atom is 0.338 e. The molecular weight excluding hydrogens is 434 g/mol. The van der Waals surface area contributed by atoms with Gasteiger partial charge in [-0.25, -0.2) is 23.3 Å². The van der Waals surface area contributed by atoms with Crippen molar-refractivity contribution >= 4 is 27.0 Å². The second-order valence-electron chi connectivity index (χ2n) is 7.31. The van der Waals surface area contributed by atoms with E-state index in [1.165, 1.54) is 26.4 Å². The monoisotopic (exact) mass is 461 g/mol. The SMILES string of the molecule is CCCCn1c(COC(=O)c2cc(OC)c(C)c(OC)c2)nc2cc(S(N)(=O)=O)ccc21. The number of nitrogens with two attached hydrogens (primary N) is 1. The van der Waals surface area contributed by atoms with Gasteiger partial charge in [-0.1, -0.05) is 13.3 Å². The van der Waals surface area contributed by atoms with Crippen LogP contribution in [0.2, 0.25) is 0 Å². The van der Waals surface area contributed by atoms with Crippen molar-refractivity contribution in [3.63, 3.8) is 0 Å². The Morgan fingerprint density at radius 3 is 2.34 bits per heavy atom. The van der Waals surface area contributed by atoms with E-state index in [0.717, 1.165) is 23.9 Å². The number of aromatic nitrogens is 2. The van der Waals surface area contributed by atoms with Gasteiger partial charge in [-0.15, -0.1) is 0 Å². The number of aryl methyl sites for hydroxylation is 1. The Labute approximate surface area is 187 Å². The van der Waals surface area contributed by atoms with Crippen LogP contribution in [0.4, 0.5) is 0 Å². The van der Waals surface area contributed by atoms with E-state index in [2.05, 4.69) is 11.9 Å². The summed E-state index contributed by atoms with van der Waals surface area (Å²) in [7, 11) is -0.818. The van der Waals surface area contributed by atoms with Crippen LogP contribution in [0.5, 0.6) is 11.5 Å². The number of nitrogens with zero attached hydrogens (tertiary/aromatic N) is 2. The van der Waals surface area contributed by atoms with Crippen molar-refractivity contribution in [3.05, 3.63) is 47.3 Å². The highest BCUT2D eigenvalue weighted by molar-refractivity contribution is 7.89. The van der Waals surface area contributed by atoms with E-state index in [4.69, 9.17) is 19.3 Å². The van der Waals surface area contributed by atoms with Crippen molar-refractivity contribution in [1.82, 2.24) is 9.55 Å². The van der Waals surface area contributed by atoms with E-state index < -0.39 is 16.0 Å². The average molecular weight is 462 g/mol. The highest BCUT2D eigenvalue weighted by Gasteiger charge is 2.18. The second-order valence-corrected chi connectivity index (χ2v) is 8.87. The molecule has 0 atom stereocenters. The molecule has 0 spiro atoms. The Morgan fingerprint density at radius 1 is 1.12 bits per heavy atom. The standard InChI is InChI=1S/C22H27N3O6S/c1-5-6-9-25-18-8-7-16(32(23,27)28)12-17(18)24-21(25)13-31-22(26)15-10-19(29-3)14(2)20(11-15)30-4/h7-8,10-12H,5-6,9,13H2,1-4H3,(H2,23,27,28). The number of unbranched alkanes of at least 4 members (excludes halogenated alkanes) is 1. The molecule has 9 nitrogen and oxygen atoms in total. The maximum atomic E-state index is 12.7. The van der Waals surface area contributed by atoms with Crippen LogP contribution in [-0.2, 0) is 27.9 Å². The van der Waals surface area contributed by atoms with Crippen LogP contribution in [0.15, 0.2) is 35.2 Å². The molecule has 1 heterocycles. The van der Waals surface area contributed by atoms with Gasteiger partial charge in [0.25, 0.3) is 0 Å². The highest BCUT2D eigenvalue weighted by Crippen LogP contribution is 2.30. The summed E-state index contributed by atoms with van der Waals surface area (Å²) in [6.45, 7) is 4.47. The molecule has 2 N–H and O–H groups in total. The maximum absolute atomic E-state index is 12.7.